The monoisotopic (exact) mass is 275 g/mol. The van der Waals surface area contributed by atoms with E-state index in [2.05, 4.69) is 4.98 Å². The second-order valence-corrected chi connectivity index (χ2v) is 4.72. The minimum atomic E-state index is -2.73. The lowest BCUT2D eigenvalue weighted by Crippen LogP contribution is -2.25. The first-order valence-corrected chi connectivity index (χ1v) is 6.02. The SMILES string of the molecule is COCc1nc(C2CCCC(F)(F)C2)oc1C(=O)O. The molecule has 106 valence electrons. The van der Waals surface area contributed by atoms with Crippen molar-refractivity contribution in [1.82, 2.24) is 4.98 Å². The van der Waals surface area contributed by atoms with Gasteiger partial charge in [-0.05, 0) is 12.8 Å². The van der Waals surface area contributed by atoms with Gasteiger partial charge < -0.3 is 14.3 Å². The number of carboxylic acid groups (broad SMARTS) is 1. The average molecular weight is 275 g/mol. The minimum absolute atomic E-state index is 0.0196. The molecule has 1 saturated carbocycles. The number of ether oxygens (including phenoxy) is 1. The Kier molecular flexibility index (Phi) is 3.84. The van der Waals surface area contributed by atoms with Gasteiger partial charge in [-0.15, -0.1) is 0 Å². The Bertz CT molecular complexity index is 472. The van der Waals surface area contributed by atoms with E-state index < -0.39 is 17.8 Å². The van der Waals surface area contributed by atoms with Gasteiger partial charge in [-0.1, -0.05) is 0 Å². The van der Waals surface area contributed by atoms with Crippen molar-refractivity contribution in [1.29, 1.82) is 0 Å². The summed E-state index contributed by atoms with van der Waals surface area (Å²) in [5.41, 5.74) is 0.138. The molecule has 1 N–H and O–H groups in total. The summed E-state index contributed by atoms with van der Waals surface area (Å²) in [5, 5.41) is 8.97. The topological polar surface area (TPSA) is 72.6 Å². The maximum absolute atomic E-state index is 13.3. The number of hydrogen-bond donors (Lipinski definition) is 1. The van der Waals surface area contributed by atoms with Gasteiger partial charge in [0.05, 0.1) is 6.61 Å². The van der Waals surface area contributed by atoms with Crippen molar-refractivity contribution in [2.75, 3.05) is 7.11 Å². The van der Waals surface area contributed by atoms with Gasteiger partial charge in [0, 0.05) is 25.9 Å². The first kappa shape index (κ1) is 13.9. The molecule has 1 aliphatic rings. The van der Waals surface area contributed by atoms with E-state index in [0.29, 0.717) is 12.8 Å². The summed E-state index contributed by atoms with van der Waals surface area (Å²) in [6.07, 6.45) is 0.420. The number of oxazole rings is 1. The molecule has 0 aliphatic heterocycles. The zero-order valence-electron chi connectivity index (χ0n) is 10.5. The van der Waals surface area contributed by atoms with Crippen molar-refractivity contribution in [2.24, 2.45) is 0 Å². The normalized spacial score (nSPS) is 22.4. The van der Waals surface area contributed by atoms with Crippen molar-refractivity contribution in [3.8, 4) is 0 Å². The highest BCUT2D eigenvalue weighted by Crippen LogP contribution is 2.41. The van der Waals surface area contributed by atoms with Crippen LogP contribution >= 0.6 is 0 Å². The predicted molar refractivity (Wildman–Crippen MR) is 60.3 cm³/mol. The maximum Gasteiger partial charge on any atom is 0.373 e. The van der Waals surface area contributed by atoms with Gasteiger partial charge in [-0.2, -0.15) is 0 Å². The zero-order valence-corrected chi connectivity index (χ0v) is 10.5. The molecular formula is C12H15F2NO4. The summed E-state index contributed by atoms with van der Waals surface area (Å²) in [5.74, 6) is -4.79. The number of hydrogen-bond acceptors (Lipinski definition) is 4. The molecule has 0 radical (unpaired) electrons. The molecular weight excluding hydrogens is 260 g/mol. The summed E-state index contributed by atoms with van der Waals surface area (Å²) in [7, 11) is 1.40. The largest absolute Gasteiger partial charge is 0.475 e. The second kappa shape index (κ2) is 5.24. The molecule has 2 rings (SSSR count). The molecule has 1 atom stereocenters. The van der Waals surface area contributed by atoms with Gasteiger partial charge in [-0.25, -0.2) is 18.6 Å². The molecule has 0 amide bonds. The fraction of sp³-hybridized carbons (Fsp3) is 0.667. The van der Waals surface area contributed by atoms with E-state index in [0.717, 1.165) is 0 Å². The molecule has 0 spiro atoms. The molecule has 1 fully saturated rings. The number of aromatic nitrogens is 1. The van der Waals surface area contributed by atoms with E-state index in [4.69, 9.17) is 14.3 Å². The zero-order chi connectivity index (χ0) is 14.0. The summed E-state index contributed by atoms with van der Waals surface area (Å²) in [6, 6.07) is 0. The first-order valence-electron chi connectivity index (χ1n) is 6.02. The van der Waals surface area contributed by atoms with Crippen LogP contribution in [0.3, 0.4) is 0 Å². The summed E-state index contributed by atoms with van der Waals surface area (Å²) >= 11 is 0. The van der Waals surface area contributed by atoms with Crippen LogP contribution in [0.2, 0.25) is 0 Å². The molecule has 19 heavy (non-hydrogen) atoms. The van der Waals surface area contributed by atoms with E-state index >= 15 is 0 Å². The smallest absolute Gasteiger partial charge is 0.373 e. The van der Waals surface area contributed by atoms with Crippen LogP contribution in [0.5, 0.6) is 0 Å². The molecule has 0 aromatic carbocycles. The Balaban J connectivity index is 2.25. The Labute approximate surface area is 108 Å². The third-order valence-electron chi connectivity index (χ3n) is 3.18. The minimum Gasteiger partial charge on any atom is -0.475 e. The van der Waals surface area contributed by atoms with Crippen molar-refractivity contribution in [3.63, 3.8) is 0 Å². The number of aromatic carboxylic acids is 1. The fourth-order valence-corrected chi connectivity index (χ4v) is 2.33. The summed E-state index contributed by atoms with van der Waals surface area (Å²) in [6.45, 7) is -0.0196. The predicted octanol–water partition coefficient (Wildman–Crippen LogP) is 2.81. The standard InChI is InChI=1S/C12H15F2NO4/c1-18-6-8-9(11(16)17)19-10(15-8)7-3-2-4-12(13,14)5-7/h7H,2-6H2,1H3,(H,16,17). The third kappa shape index (κ3) is 3.09. The van der Waals surface area contributed by atoms with Gasteiger partial charge in [0.25, 0.3) is 0 Å². The highest BCUT2D eigenvalue weighted by molar-refractivity contribution is 5.85. The van der Waals surface area contributed by atoms with E-state index in [1.807, 2.05) is 0 Å². The van der Waals surface area contributed by atoms with Crippen LogP contribution < -0.4 is 0 Å². The number of carbonyl (C=O) groups is 1. The van der Waals surface area contributed by atoms with Gasteiger partial charge in [-0.3, -0.25) is 0 Å². The molecule has 1 aromatic heterocycles. The van der Waals surface area contributed by atoms with Gasteiger partial charge in [0.15, 0.2) is 5.89 Å². The summed E-state index contributed by atoms with van der Waals surface area (Å²) in [4.78, 5) is 15.0. The lowest BCUT2D eigenvalue weighted by atomic mass is 9.86. The van der Waals surface area contributed by atoms with Crippen LogP contribution in [0.1, 0.15) is 53.7 Å². The number of alkyl halides is 2. The molecule has 0 bridgehead atoms. The Morgan fingerprint density at radius 2 is 2.37 bits per heavy atom. The Morgan fingerprint density at radius 3 is 2.95 bits per heavy atom. The van der Waals surface area contributed by atoms with Crippen LogP contribution in [0, 0.1) is 0 Å². The van der Waals surface area contributed by atoms with Gasteiger partial charge in [0.1, 0.15) is 5.69 Å². The molecule has 7 heteroatoms. The van der Waals surface area contributed by atoms with Crippen LogP contribution in [0.4, 0.5) is 8.78 Å². The second-order valence-electron chi connectivity index (χ2n) is 4.72. The lowest BCUT2D eigenvalue weighted by molar-refractivity contribution is -0.0436. The van der Waals surface area contributed by atoms with E-state index in [1.54, 1.807) is 0 Å². The lowest BCUT2D eigenvalue weighted by Gasteiger charge is -2.26. The molecule has 1 heterocycles. The molecule has 5 nitrogen and oxygen atoms in total. The number of methoxy groups -OCH3 is 1. The van der Waals surface area contributed by atoms with Crippen molar-refractivity contribution in [2.45, 2.75) is 44.1 Å². The van der Waals surface area contributed by atoms with Crippen LogP contribution in [0.25, 0.3) is 0 Å². The maximum atomic E-state index is 13.3. The van der Waals surface area contributed by atoms with Crippen LogP contribution in [0.15, 0.2) is 4.42 Å². The fourth-order valence-electron chi connectivity index (χ4n) is 2.33. The van der Waals surface area contributed by atoms with Crippen LogP contribution in [-0.2, 0) is 11.3 Å². The van der Waals surface area contributed by atoms with Crippen molar-refractivity contribution in [3.05, 3.63) is 17.3 Å². The van der Waals surface area contributed by atoms with E-state index in [9.17, 15) is 13.6 Å². The summed E-state index contributed by atoms with van der Waals surface area (Å²) < 4.78 is 36.7. The Hall–Kier alpha value is -1.50. The molecule has 0 saturated heterocycles. The quantitative estimate of drug-likeness (QED) is 0.914. The van der Waals surface area contributed by atoms with Crippen LogP contribution in [-0.4, -0.2) is 29.1 Å². The van der Waals surface area contributed by atoms with E-state index in [1.165, 1.54) is 7.11 Å². The first-order chi connectivity index (χ1) is 8.93. The molecule has 1 unspecified atom stereocenters. The number of halogens is 2. The molecule has 1 aliphatic carbocycles. The number of nitrogens with zero attached hydrogens (tertiary/aromatic N) is 1. The van der Waals surface area contributed by atoms with Crippen molar-refractivity contribution < 1.29 is 27.8 Å². The number of rotatable bonds is 4. The number of carboxylic acids is 1. The van der Waals surface area contributed by atoms with E-state index in [-0.39, 0.29) is 36.8 Å². The van der Waals surface area contributed by atoms with Crippen molar-refractivity contribution >= 4 is 5.97 Å². The molecule has 1 aromatic rings. The highest BCUT2D eigenvalue weighted by atomic mass is 19.3. The Morgan fingerprint density at radius 1 is 1.63 bits per heavy atom. The van der Waals surface area contributed by atoms with Gasteiger partial charge in [0.2, 0.25) is 11.7 Å². The third-order valence-corrected chi connectivity index (χ3v) is 3.18. The van der Waals surface area contributed by atoms with Gasteiger partial charge >= 0.3 is 5.97 Å². The highest BCUT2D eigenvalue weighted by Gasteiger charge is 2.39. The average Bonchev–Trinajstić information content (AvgIpc) is 2.72.